The molecule has 4 N–H and O–H groups in total. The highest BCUT2D eigenvalue weighted by molar-refractivity contribution is 7.14. The molecular formula is C24H24F3N7OS. The Hall–Kier alpha value is -3.64. The van der Waals surface area contributed by atoms with E-state index < -0.39 is 17.8 Å². The lowest BCUT2D eigenvalue weighted by atomic mass is 9.93. The largest absolute Gasteiger partial charge is 0.416 e. The highest BCUT2D eigenvalue weighted by Gasteiger charge is 2.41. The zero-order valence-electron chi connectivity index (χ0n) is 19.3. The van der Waals surface area contributed by atoms with Crippen LogP contribution < -0.4 is 16.4 Å². The number of alkyl halides is 3. The van der Waals surface area contributed by atoms with Crippen molar-refractivity contribution >= 4 is 28.3 Å². The molecule has 1 atom stereocenters. The first-order valence-electron chi connectivity index (χ1n) is 11.3. The number of nitrogens with one attached hydrogen (secondary N) is 2. The second-order valence-corrected chi connectivity index (χ2v) is 9.19. The summed E-state index contributed by atoms with van der Waals surface area (Å²) >= 11 is 1.39. The Morgan fingerprint density at radius 1 is 1.17 bits per heavy atom. The van der Waals surface area contributed by atoms with Crippen molar-refractivity contribution in [2.75, 3.05) is 31.6 Å². The number of aromatic nitrogens is 1. The maximum absolute atomic E-state index is 14.0. The molecule has 36 heavy (non-hydrogen) atoms. The highest BCUT2D eigenvalue weighted by Crippen LogP contribution is 2.38. The fraction of sp³-hybridized carbons (Fsp3) is 0.292. The van der Waals surface area contributed by atoms with Gasteiger partial charge in [0.2, 0.25) is 5.96 Å². The van der Waals surface area contributed by atoms with Crippen LogP contribution in [0.25, 0.3) is 11.3 Å². The summed E-state index contributed by atoms with van der Waals surface area (Å²) < 4.78 is 47.5. The summed E-state index contributed by atoms with van der Waals surface area (Å²) in [6.07, 6.45) is -2.18. The summed E-state index contributed by atoms with van der Waals surface area (Å²) in [5, 5.41) is 8.76. The molecule has 8 nitrogen and oxygen atoms in total. The Balaban J connectivity index is 1.53. The number of dihydropyridines is 1. The molecule has 3 aliphatic heterocycles. The van der Waals surface area contributed by atoms with Crippen LogP contribution in [0.3, 0.4) is 0 Å². The minimum Gasteiger partial charge on any atom is -0.384 e. The minimum atomic E-state index is -4.60. The van der Waals surface area contributed by atoms with Crippen LogP contribution >= 0.6 is 11.3 Å². The van der Waals surface area contributed by atoms with E-state index in [1.54, 1.807) is 13.0 Å². The molecule has 0 saturated carbocycles. The lowest BCUT2D eigenvalue weighted by Crippen LogP contribution is -2.48. The number of ether oxygens (including phenoxy) is 1. The van der Waals surface area contributed by atoms with Crippen LogP contribution in [0.2, 0.25) is 0 Å². The molecule has 0 radical (unpaired) electrons. The number of rotatable bonds is 3. The van der Waals surface area contributed by atoms with E-state index in [1.807, 2.05) is 40.6 Å². The summed E-state index contributed by atoms with van der Waals surface area (Å²) in [4.78, 5) is 15.4. The summed E-state index contributed by atoms with van der Waals surface area (Å²) in [6, 6.07) is 8.91. The number of benzene rings is 1. The molecule has 4 heterocycles. The van der Waals surface area contributed by atoms with Gasteiger partial charge in [-0.15, -0.1) is 11.3 Å². The second-order valence-electron chi connectivity index (χ2n) is 8.33. The van der Waals surface area contributed by atoms with E-state index in [0.29, 0.717) is 43.2 Å². The maximum atomic E-state index is 14.0. The van der Waals surface area contributed by atoms with Crippen LogP contribution in [0.5, 0.6) is 0 Å². The van der Waals surface area contributed by atoms with Gasteiger partial charge in [0.15, 0.2) is 5.13 Å². The zero-order valence-corrected chi connectivity index (χ0v) is 20.2. The molecule has 12 heteroatoms. The van der Waals surface area contributed by atoms with Gasteiger partial charge < -0.3 is 26.0 Å². The lowest BCUT2D eigenvalue weighted by Gasteiger charge is -2.33. The fourth-order valence-corrected chi connectivity index (χ4v) is 4.89. The maximum Gasteiger partial charge on any atom is 0.416 e. The predicted molar refractivity (Wildman–Crippen MR) is 134 cm³/mol. The van der Waals surface area contributed by atoms with Crippen LogP contribution in [-0.2, 0) is 4.74 Å². The molecule has 1 saturated heterocycles. The Kier molecular flexibility index (Phi) is 6.54. The lowest BCUT2D eigenvalue weighted by molar-refractivity contribution is -0.0898. The third-order valence-corrected chi connectivity index (χ3v) is 6.57. The van der Waals surface area contributed by atoms with Crippen molar-refractivity contribution in [2.24, 2.45) is 15.7 Å². The number of anilines is 1. The van der Waals surface area contributed by atoms with Gasteiger partial charge in [-0.25, -0.2) is 4.98 Å². The predicted octanol–water partition coefficient (Wildman–Crippen LogP) is 3.86. The molecule has 2 aromatic rings. The van der Waals surface area contributed by atoms with Crippen molar-refractivity contribution in [1.29, 1.82) is 0 Å². The molecule has 0 bridgehead atoms. The van der Waals surface area contributed by atoms with Gasteiger partial charge in [0.05, 0.1) is 36.2 Å². The normalized spacial score (nSPS) is 22.8. The van der Waals surface area contributed by atoms with Gasteiger partial charge in [-0.2, -0.15) is 18.2 Å². The Morgan fingerprint density at radius 3 is 2.64 bits per heavy atom. The Morgan fingerprint density at radius 2 is 1.92 bits per heavy atom. The fourth-order valence-electron chi connectivity index (χ4n) is 4.16. The number of thiazole rings is 1. The quantitative estimate of drug-likeness (QED) is 0.574. The number of allylic oxidation sites excluding steroid dienone is 1. The first-order valence-corrected chi connectivity index (χ1v) is 12.2. The molecule has 1 unspecified atom stereocenters. The molecule has 5 rings (SSSR count). The van der Waals surface area contributed by atoms with Gasteiger partial charge in [0, 0.05) is 35.7 Å². The number of nitrogens with two attached hydrogens (primary N) is 1. The number of aliphatic imine (C=N–C) groups is 2. The topological polar surface area (TPSA) is 100 Å². The summed E-state index contributed by atoms with van der Waals surface area (Å²) in [5.74, 6) is 0.639. The average molecular weight is 516 g/mol. The van der Waals surface area contributed by atoms with Crippen LogP contribution in [0.4, 0.5) is 18.3 Å². The van der Waals surface area contributed by atoms with Gasteiger partial charge >= 0.3 is 6.18 Å². The third-order valence-electron chi connectivity index (χ3n) is 5.81. The van der Waals surface area contributed by atoms with Crippen LogP contribution in [0.1, 0.15) is 6.92 Å². The molecule has 0 spiro atoms. The molecule has 1 aromatic carbocycles. The Labute approximate surface area is 209 Å². The molecule has 1 fully saturated rings. The van der Waals surface area contributed by atoms with Gasteiger partial charge in [0.25, 0.3) is 0 Å². The van der Waals surface area contributed by atoms with Crippen LogP contribution in [0, 0.1) is 0 Å². The van der Waals surface area contributed by atoms with E-state index >= 15 is 0 Å². The van der Waals surface area contributed by atoms with Crippen molar-refractivity contribution in [3.63, 3.8) is 0 Å². The first kappa shape index (κ1) is 24.1. The Bertz CT molecular complexity index is 1290. The first-order chi connectivity index (χ1) is 17.3. The summed E-state index contributed by atoms with van der Waals surface area (Å²) in [5.41, 5.74) is 6.86. The number of nitrogens with zero attached hydrogens (tertiary/aromatic N) is 4. The molecule has 0 aliphatic carbocycles. The van der Waals surface area contributed by atoms with Crippen molar-refractivity contribution in [3.8, 4) is 11.3 Å². The number of hydrogen-bond acceptors (Lipinski definition) is 9. The molecular weight excluding hydrogens is 491 g/mol. The van der Waals surface area contributed by atoms with E-state index in [0.717, 1.165) is 17.3 Å². The van der Waals surface area contributed by atoms with Crippen molar-refractivity contribution in [1.82, 2.24) is 15.2 Å². The van der Waals surface area contributed by atoms with Gasteiger partial charge in [0.1, 0.15) is 11.7 Å². The van der Waals surface area contributed by atoms with E-state index in [9.17, 15) is 13.2 Å². The van der Waals surface area contributed by atoms with Gasteiger partial charge in [-0.1, -0.05) is 30.3 Å². The highest BCUT2D eigenvalue weighted by atomic mass is 32.1. The molecule has 188 valence electrons. The van der Waals surface area contributed by atoms with Crippen molar-refractivity contribution in [3.05, 3.63) is 70.5 Å². The standard InChI is InChI=1S/C24H24F3N7OS/c1-14-21(16(24(25,26)27)11-19(28)29-14)17-12-20(32-22(30-17)34-7-9-35-10-8-34)33-23-31-18(13-36-23)15-5-3-2-4-6-15/h2-6,11-14H,7-10H2,1H3,(H2,28,29)(H,30,32)(H,31,33). The smallest absolute Gasteiger partial charge is 0.384 e. The number of guanidine groups is 1. The molecule has 0 amide bonds. The minimum absolute atomic E-state index is 0.000716. The van der Waals surface area contributed by atoms with Crippen molar-refractivity contribution < 1.29 is 17.9 Å². The van der Waals surface area contributed by atoms with Crippen LogP contribution in [-0.4, -0.2) is 60.2 Å². The number of amidine groups is 1. The monoisotopic (exact) mass is 515 g/mol. The van der Waals surface area contributed by atoms with Crippen molar-refractivity contribution in [2.45, 2.75) is 19.1 Å². The van der Waals surface area contributed by atoms with E-state index in [2.05, 4.69) is 25.6 Å². The van der Waals surface area contributed by atoms with E-state index in [-0.39, 0.29) is 17.1 Å². The van der Waals surface area contributed by atoms with Gasteiger partial charge in [-0.3, -0.25) is 4.99 Å². The molecule has 1 aromatic heterocycles. The van der Waals surface area contributed by atoms with E-state index in [4.69, 9.17) is 10.5 Å². The van der Waals surface area contributed by atoms with Gasteiger partial charge in [-0.05, 0) is 13.0 Å². The average Bonchev–Trinajstić information content (AvgIpc) is 3.32. The van der Waals surface area contributed by atoms with E-state index in [1.165, 1.54) is 11.3 Å². The van der Waals surface area contributed by atoms with Crippen LogP contribution in [0.15, 0.2) is 80.5 Å². The molecule has 3 aliphatic rings. The number of halogens is 3. The number of hydrogen-bond donors (Lipinski definition) is 3. The zero-order chi connectivity index (χ0) is 25.3. The summed E-state index contributed by atoms with van der Waals surface area (Å²) in [7, 11) is 0. The third kappa shape index (κ3) is 5.14. The summed E-state index contributed by atoms with van der Waals surface area (Å²) in [6.45, 7) is 3.69. The number of morpholine rings is 1. The second kappa shape index (κ2) is 9.78. The SMILES string of the molecule is CC1N=C(N)C=C(C(F)(F)F)C1=C1C=C(Nc2nc(-c3ccccc3)cs2)N=C(N2CCOCC2)N1.